The highest BCUT2D eigenvalue weighted by atomic mass is 16.5. The predicted octanol–water partition coefficient (Wildman–Crippen LogP) is 18.6. The van der Waals surface area contributed by atoms with Gasteiger partial charge < -0.3 is 20.3 Å². The molecule has 0 saturated carbocycles. The summed E-state index contributed by atoms with van der Waals surface area (Å²) in [5.41, 5.74) is 0. The van der Waals surface area contributed by atoms with E-state index in [0.29, 0.717) is 19.4 Å². The standard InChI is InChI=1S/C62H115NO5/c1-3-5-7-9-11-13-15-17-19-20-23-27-30-34-38-42-46-50-54-60(65)59(58-64)63-61(66)55-51-47-43-39-35-31-28-24-21-22-25-29-33-37-41-45-49-53-57-68-62(67)56-52-48-44-40-36-32-26-18-16-14-12-10-8-6-4-2/h12,14,18,24,26,28,50,54,59-60,64-65H,3-11,13,15-17,19-23,25,27,29-49,51-53,55-58H2,1-2H3,(H,63,66)/b14-12-,26-18-,28-24-,54-50+. The number of aliphatic hydroxyl groups is 2. The van der Waals surface area contributed by atoms with E-state index in [0.717, 1.165) is 70.6 Å². The second-order valence-corrected chi connectivity index (χ2v) is 20.3. The summed E-state index contributed by atoms with van der Waals surface area (Å²) in [6, 6.07) is -0.640. The van der Waals surface area contributed by atoms with Gasteiger partial charge >= 0.3 is 5.97 Å². The summed E-state index contributed by atoms with van der Waals surface area (Å²) in [7, 11) is 0. The van der Waals surface area contributed by atoms with Crippen molar-refractivity contribution in [3.8, 4) is 0 Å². The molecule has 2 unspecified atom stereocenters. The van der Waals surface area contributed by atoms with Gasteiger partial charge in [0.15, 0.2) is 0 Å². The fourth-order valence-corrected chi connectivity index (χ4v) is 8.95. The summed E-state index contributed by atoms with van der Waals surface area (Å²) in [5.74, 6) is -0.0939. The summed E-state index contributed by atoms with van der Waals surface area (Å²) >= 11 is 0. The van der Waals surface area contributed by atoms with Crippen molar-refractivity contribution in [2.24, 2.45) is 0 Å². The van der Waals surface area contributed by atoms with Crippen LogP contribution in [0.2, 0.25) is 0 Å². The van der Waals surface area contributed by atoms with E-state index in [1.54, 1.807) is 6.08 Å². The summed E-state index contributed by atoms with van der Waals surface area (Å²) in [6.07, 6.45) is 72.7. The van der Waals surface area contributed by atoms with Crippen molar-refractivity contribution in [2.75, 3.05) is 13.2 Å². The van der Waals surface area contributed by atoms with Crippen molar-refractivity contribution >= 4 is 11.9 Å². The Bertz CT molecular complexity index is 1150. The third kappa shape index (κ3) is 53.2. The molecule has 3 N–H and O–H groups in total. The first-order valence-electron chi connectivity index (χ1n) is 29.9. The van der Waals surface area contributed by atoms with Gasteiger partial charge in [-0.25, -0.2) is 0 Å². The Morgan fingerprint density at radius 1 is 0.412 bits per heavy atom. The van der Waals surface area contributed by atoms with Crippen LogP contribution in [-0.4, -0.2) is 47.4 Å². The normalized spacial score (nSPS) is 12.9. The largest absolute Gasteiger partial charge is 0.466 e. The molecule has 1 amide bonds. The van der Waals surface area contributed by atoms with Gasteiger partial charge in [-0.1, -0.05) is 255 Å². The van der Waals surface area contributed by atoms with Crippen LogP contribution in [0.1, 0.15) is 309 Å². The highest BCUT2D eigenvalue weighted by molar-refractivity contribution is 5.76. The second kappa shape index (κ2) is 57.4. The molecule has 0 radical (unpaired) electrons. The van der Waals surface area contributed by atoms with Crippen LogP contribution in [0.5, 0.6) is 0 Å². The Labute approximate surface area is 423 Å². The van der Waals surface area contributed by atoms with Crippen molar-refractivity contribution in [1.82, 2.24) is 5.32 Å². The number of ether oxygens (including phenoxy) is 1. The van der Waals surface area contributed by atoms with Crippen molar-refractivity contribution in [1.29, 1.82) is 0 Å². The lowest BCUT2D eigenvalue weighted by Crippen LogP contribution is -2.45. The first-order chi connectivity index (χ1) is 33.5. The Kier molecular flexibility index (Phi) is 55.6. The Morgan fingerprint density at radius 2 is 0.735 bits per heavy atom. The molecule has 6 heteroatoms. The number of carbonyl (C=O) groups is 2. The minimum Gasteiger partial charge on any atom is -0.466 e. The second-order valence-electron chi connectivity index (χ2n) is 20.3. The number of amides is 1. The Balaban J connectivity index is 3.49. The van der Waals surface area contributed by atoms with Gasteiger partial charge in [-0.2, -0.15) is 0 Å². The molecule has 0 rings (SSSR count). The molecule has 398 valence electrons. The molecule has 0 bridgehead atoms. The van der Waals surface area contributed by atoms with Gasteiger partial charge in [0, 0.05) is 12.8 Å². The molecule has 6 nitrogen and oxygen atoms in total. The first-order valence-corrected chi connectivity index (χ1v) is 29.9. The molecule has 0 saturated heterocycles. The maximum atomic E-state index is 12.5. The fourth-order valence-electron chi connectivity index (χ4n) is 8.95. The molecule has 0 aromatic rings. The molecule has 0 fully saturated rings. The van der Waals surface area contributed by atoms with E-state index in [2.05, 4.69) is 55.6 Å². The van der Waals surface area contributed by atoms with Crippen LogP contribution in [0.25, 0.3) is 0 Å². The Morgan fingerprint density at radius 3 is 1.16 bits per heavy atom. The highest BCUT2D eigenvalue weighted by Crippen LogP contribution is 2.16. The van der Waals surface area contributed by atoms with Gasteiger partial charge in [-0.15, -0.1) is 0 Å². The molecule has 0 aliphatic heterocycles. The minimum absolute atomic E-state index is 0.0122. The molecular formula is C62H115NO5. The number of aliphatic hydroxyl groups excluding tert-OH is 2. The third-order valence-corrected chi connectivity index (χ3v) is 13.6. The average molecular weight is 955 g/mol. The lowest BCUT2D eigenvalue weighted by molar-refractivity contribution is -0.143. The van der Waals surface area contributed by atoms with E-state index in [-0.39, 0.29) is 18.5 Å². The van der Waals surface area contributed by atoms with Crippen LogP contribution in [0.3, 0.4) is 0 Å². The van der Waals surface area contributed by atoms with Crippen LogP contribution >= 0.6 is 0 Å². The van der Waals surface area contributed by atoms with E-state index in [4.69, 9.17) is 4.74 Å². The zero-order valence-electron chi connectivity index (χ0n) is 45.3. The summed E-state index contributed by atoms with van der Waals surface area (Å²) in [6.45, 7) is 4.86. The molecule has 68 heavy (non-hydrogen) atoms. The summed E-state index contributed by atoms with van der Waals surface area (Å²) in [4.78, 5) is 24.5. The lowest BCUT2D eigenvalue weighted by Gasteiger charge is -2.20. The van der Waals surface area contributed by atoms with E-state index in [9.17, 15) is 19.8 Å². The summed E-state index contributed by atoms with van der Waals surface area (Å²) < 4.78 is 5.47. The van der Waals surface area contributed by atoms with Gasteiger partial charge in [-0.3, -0.25) is 9.59 Å². The van der Waals surface area contributed by atoms with Gasteiger partial charge in [0.25, 0.3) is 0 Å². The molecule has 0 heterocycles. The topological polar surface area (TPSA) is 95.9 Å². The van der Waals surface area contributed by atoms with E-state index < -0.39 is 12.1 Å². The molecule has 0 aliphatic rings. The summed E-state index contributed by atoms with van der Waals surface area (Å²) in [5, 5.41) is 23.1. The van der Waals surface area contributed by atoms with E-state index >= 15 is 0 Å². The molecular weight excluding hydrogens is 839 g/mol. The maximum absolute atomic E-state index is 12.5. The molecule has 0 aliphatic carbocycles. The lowest BCUT2D eigenvalue weighted by atomic mass is 10.0. The van der Waals surface area contributed by atoms with Crippen LogP contribution < -0.4 is 5.32 Å². The van der Waals surface area contributed by atoms with Gasteiger partial charge in [0.2, 0.25) is 5.91 Å². The Hall–Kier alpha value is -2.18. The van der Waals surface area contributed by atoms with E-state index in [1.807, 2.05) is 6.08 Å². The number of esters is 1. The van der Waals surface area contributed by atoms with Gasteiger partial charge in [0.1, 0.15) is 0 Å². The van der Waals surface area contributed by atoms with Gasteiger partial charge in [0.05, 0.1) is 25.4 Å². The first kappa shape index (κ1) is 65.8. The average Bonchev–Trinajstić information content (AvgIpc) is 3.34. The van der Waals surface area contributed by atoms with Gasteiger partial charge in [-0.05, 0) is 89.9 Å². The highest BCUT2D eigenvalue weighted by Gasteiger charge is 2.18. The van der Waals surface area contributed by atoms with Crippen molar-refractivity contribution in [3.63, 3.8) is 0 Å². The van der Waals surface area contributed by atoms with Crippen LogP contribution in [0.4, 0.5) is 0 Å². The number of allylic oxidation sites excluding steroid dienone is 7. The number of nitrogens with one attached hydrogen (secondary N) is 1. The molecule has 0 aromatic carbocycles. The number of unbranched alkanes of at least 4 members (excludes halogenated alkanes) is 38. The number of rotatable bonds is 55. The molecule has 0 aromatic heterocycles. The number of carbonyl (C=O) groups excluding carboxylic acids is 2. The zero-order chi connectivity index (χ0) is 49.3. The van der Waals surface area contributed by atoms with Crippen molar-refractivity contribution in [2.45, 2.75) is 321 Å². The van der Waals surface area contributed by atoms with Crippen LogP contribution in [0.15, 0.2) is 48.6 Å². The molecule has 2 atom stereocenters. The maximum Gasteiger partial charge on any atom is 0.305 e. The zero-order valence-corrected chi connectivity index (χ0v) is 45.3. The predicted molar refractivity (Wildman–Crippen MR) is 296 cm³/mol. The van der Waals surface area contributed by atoms with Crippen LogP contribution in [0, 0.1) is 0 Å². The quantitative estimate of drug-likeness (QED) is 0.0321. The smallest absolute Gasteiger partial charge is 0.305 e. The van der Waals surface area contributed by atoms with Crippen molar-refractivity contribution < 1.29 is 24.5 Å². The monoisotopic (exact) mass is 954 g/mol. The third-order valence-electron chi connectivity index (χ3n) is 13.6. The fraction of sp³-hybridized carbons (Fsp3) is 0.839. The molecule has 0 spiro atoms. The number of hydrogen-bond acceptors (Lipinski definition) is 5. The number of hydrogen-bond donors (Lipinski definition) is 3. The van der Waals surface area contributed by atoms with E-state index in [1.165, 1.54) is 212 Å². The minimum atomic E-state index is -0.855. The van der Waals surface area contributed by atoms with Crippen molar-refractivity contribution in [3.05, 3.63) is 48.6 Å². The van der Waals surface area contributed by atoms with Crippen LogP contribution in [-0.2, 0) is 14.3 Å². The SMILES string of the molecule is CCCCC/C=C\C/C=C\CCCCCCCC(=O)OCCCCCCCCCCC/C=C\CCCCCCCC(=O)NC(CO)C(O)/C=C/CCCCCCCCCCCCCCCCCC.